The number of ether oxygens (including phenoxy) is 1. The molecule has 4 aliphatic carbocycles. The van der Waals surface area contributed by atoms with Gasteiger partial charge >= 0.3 is 0 Å². The molecule has 0 spiro atoms. The van der Waals surface area contributed by atoms with E-state index in [1.54, 1.807) is 5.57 Å². The van der Waals surface area contributed by atoms with E-state index in [4.69, 9.17) is 4.74 Å². The third-order valence-corrected chi connectivity index (χ3v) is 10.8. The topological polar surface area (TPSA) is 49.7 Å². The smallest absolute Gasteiger partial charge is 0.0881 e. The monoisotopic (exact) mass is 416 g/mol. The molecule has 3 heteroatoms. The summed E-state index contributed by atoms with van der Waals surface area (Å²) in [7, 11) is 0. The van der Waals surface area contributed by atoms with Gasteiger partial charge < -0.3 is 14.9 Å². The average molecular weight is 417 g/mol. The second-order valence-electron chi connectivity index (χ2n) is 12.2. The zero-order chi connectivity index (χ0) is 21.0. The van der Waals surface area contributed by atoms with Gasteiger partial charge in [-0.15, -0.1) is 0 Å². The zero-order valence-corrected chi connectivity index (χ0v) is 19.4. The molecule has 1 saturated heterocycles. The summed E-state index contributed by atoms with van der Waals surface area (Å²) in [5.41, 5.74) is 1.89. The first-order valence-electron chi connectivity index (χ1n) is 13.0. The molecule has 3 saturated carbocycles. The van der Waals surface area contributed by atoms with Crippen LogP contribution in [0.1, 0.15) is 97.3 Å². The van der Waals surface area contributed by atoms with Gasteiger partial charge in [0.2, 0.25) is 0 Å². The third kappa shape index (κ3) is 3.52. The van der Waals surface area contributed by atoms with Crippen molar-refractivity contribution < 1.29 is 14.9 Å². The lowest BCUT2D eigenvalue weighted by Gasteiger charge is -2.58. The summed E-state index contributed by atoms with van der Waals surface area (Å²) in [6.07, 6.45) is 17.7. The van der Waals surface area contributed by atoms with Crippen LogP contribution in [0.4, 0.5) is 0 Å². The molecule has 7 unspecified atom stereocenters. The summed E-state index contributed by atoms with van der Waals surface area (Å²) < 4.78 is 5.56. The van der Waals surface area contributed by atoms with Crippen LogP contribution in [0, 0.1) is 34.5 Å². The highest BCUT2D eigenvalue weighted by Crippen LogP contribution is 2.66. The molecular weight excluding hydrogens is 372 g/mol. The molecule has 30 heavy (non-hydrogen) atoms. The van der Waals surface area contributed by atoms with E-state index in [1.165, 1.54) is 44.9 Å². The molecule has 170 valence electrons. The van der Waals surface area contributed by atoms with Crippen LogP contribution in [-0.4, -0.2) is 35.1 Å². The zero-order valence-electron chi connectivity index (χ0n) is 19.4. The van der Waals surface area contributed by atoms with Crippen LogP contribution in [0.15, 0.2) is 11.6 Å². The quantitative estimate of drug-likeness (QED) is 0.583. The second kappa shape index (κ2) is 7.89. The van der Waals surface area contributed by atoms with Crippen molar-refractivity contribution in [1.29, 1.82) is 0 Å². The minimum atomic E-state index is -0.556. The van der Waals surface area contributed by atoms with Crippen molar-refractivity contribution in [2.75, 3.05) is 13.2 Å². The summed E-state index contributed by atoms with van der Waals surface area (Å²) in [6.45, 7) is 6.52. The van der Waals surface area contributed by atoms with Gasteiger partial charge in [0, 0.05) is 6.61 Å². The Morgan fingerprint density at radius 2 is 1.93 bits per heavy atom. The Balaban J connectivity index is 1.25. The number of fused-ring (bicyclic) bond motifs is 5. The van der Waals surface area contributed by atoms with Crippen LogP contribution in [0.25, 0.3) is 0 Å². The summed E-state index contributed by atoms with van der Waals surface area (Å²) >= 11 is 0. The fourth-order valence-corrected chi connectivity index (χ4v) is 8.94. The molecule has 5 aliphatic rings. The van der Waals surface area contributed by atoms with Crippen molar-refractivity contribution in [2.24, 2.45) is 34.5 Å². The maximum atomic E-state index is 10.8. The van der Waals surface area contributed by atoms with Gasteiger partial charge in [-0.3, -0.25) is 0 Å². The molecule has 0 aromatic rings. The van der Waals surface area contributed by atoms with Gasteiger partial charge in [-0.25, -0.2) is 0 Å². The van der Waals surface area contributed by atoms with Crippen molar-refractivity contribution in [1.82, 2.24) is 0 Å². The van der Waals surface area contributed by atoms with E-state index in [1.807, 2.05) is 0 Å². The number of allylic oxidation sites excluding steroid dienone is 1. The first-order valence-corrected chi connectivity index (χ1v) is 13.0. The maximum Gasteiger partial charge on any atom is 0.0881 e. The molecule has 2 N–H and O–H groups in total. The van der Waals surface area contributed by atoms with Crippen molar-refractivity contribution in [3.8, 4) is 0 Å². The van der Waals surface area contributed by atoms with Crippen molar-refractivity contribution in [3.63, 3.8) is 0 Å². The molecule has 1 aliphatic heterocycles. The van der Waals surface area contributed by atoms with Crippen LogP contribution in [-0.2, 0) is 4.74 Å². The van der Waals surface area contributed by atoms with Crippen molar-refractivity contribution in [3.05, 3.63) is 11.6 Å². The normalized spacial score (nSPS) is 50.9. The van der Waals surface area contributed by atoms with E-state index in [2.05, 4.69) is 19.9 Å². The minimum Gasteiger partial charge on any atom is -0.393 e. The average Bonchev–Trinajstić information content (AvgIpc) is 3.05. The van der Waals surface area contributed by atoms with Gasteiger partial charge in [0.25, 0.3) is 0 Å². The van der Waals surface area contributed by atoms with Gasteiger partial charge in [-0.1, -0.05) is 31.9 Å². The number of rotatable bonds is 4. The van der Waals surface area contributed by atoms with Gasteiger partial charge in [0.15, 0.2) is 0 Å². The van der Waals surface area contributed by atoms with Gasteiger partial charge in [0.1, 0.15) is 0 Å². The molecule has 5 rings (SSSR count). The van der Waals surface area contributed by atoms with E-state index in [9.17, 15) is 10.2 Å². The molecule has 4 fully saturated rings. The molecular formula is C27H44O3. The highest BCUT2D eigenvalue weighted by atomic mass is 16.5. The SMILES string of the molecule is CC12CCC3C(CC=C4CC(O)CC[C@@]43C)C1CCC2CCCC1(O)CCCOC1. The Kier molecular flexibility index (Phi) is 5.64. The molecule has 8 atom stereocenters. The van der Waals surface area contributed by atoms with E-state index in [-0.39, 0.29) is 6.10 Å². The number of aliphatic hydroxyl groups excluding tert-OH is 1. The van der Waals surface area contributed by atoms with E-state index < -0.39 is 5.60 Å². The summed E-state index contributed by atoms with van der Waals surface area (Å²) in [6, 6.07) is 0. The Bertz CT molecular complexity index is 665. The second-order valence-corrected chi connectivity index (χ2v) is 12.2. The van der Waals surface area contributed by atoms with Crippen LogP contribution >= 0.6 is 0 Å². The van der Waals surface area contributed by atoms with E-state index in [0.29, 0.717) is 17.4 Å². The Morgan fingerprint density at radius 3 is 2.73 bits per heavy atom. The van der Waals surface area contributed by atoms with E-state index >= 15 is 0 Å². The standard InChI is InChI=1S/C27H44O3/c1-25-15-11-24-22(8-6-20-17-21(28)10-14-26(20,24)2)23(25)9-7-19(25)5-3-12-27(29)13-4-16-30-18-27/h6,19,21-24,28-29H,3-5,7-18H2,1-2H3/t19?,21?,22?,23?,24?,25?,26-,27?/m0/s1. The Morgan fingerprint density at radius 1 is 1.07 bits per heavy atom. The number of hydrogen-bond acceptors (Lipinski definition) is 3. The Hall–Kier alpha value is -0.380. The van der Waals surface area contributed by atoms with Gasteiger partial charge in [-0.05, 0) is 112 Å². The molecule has 0 amide bonds. The van der Waals surface area contributed by atoms with Gasteiger partial charge in [-0.2, -0.15) is 0 Å². The lowest BCUT2D eigenvalue weighted by Crippen LogP contribution is -2.50. The van der Waals surface area contributed by atoms with Gasteiger partial charge in [0.05, 0.1) is 18.3 Å². The fourth-order valence-electron chi connectivity index (χ4n) is 8.94. The highest BCUT2D eigenvalue weighted by Gasteiger charge is 2.58. The third-order valence-electron chi connectivity index (χ3n) is 10.8. The molecule has 1 heterocycles. The molecule has 0 radical (unpaired) electrons. The summed E-state index contributed by atoms with van der Waals surface area (Å²) in [4.78, 5) is 0. The predicted octanol–water partition coefficient (Wildman–Crippen LogP) is 5.64. The largest absolute Gasteiger partial charge is 0.393 e. The Labute approximate surface area is 183 Å². The van der Waals surface area contributed by atoms with Crippen LogP contribution in [0.5, 0.6) is 0 Å². The molecule has 0 aromatic heterocycles. The molecule has 0 bridgehead atoms. The lowest BCUT2D eigenvalue weighted by atomic mass is 9.47. The first kappa shape index (κ1) is 21.5. The number of hydrogen-bond donors (Lipinski definition) is 2. The van der Waals surface area contributed by atoms with Crippen molar-refractivity contribution in [2.45, 2.75) is 109 Å². The first-order chi connectivity index (χ1) is 14.3. The minimum absolute atomic E-state index is 0.102. The predicted molar refractivity (Wildman–Crippen MR) is 120 cm³/mol. The fraction of sp³-hybridized carbons (Fsp3) is 0.926. The summed E-state index contributed by atoms with van der Waals surface area (Å²) in [5, 5.41) is 21.0. The van der Waals surface area contributed by atoms with Crippen LogP contribution in [0.3, 0.4) is 0 Å². The summed E-state index contributed by atoms with van der Waals surface area (Å²) in [5.74, 6) is 3.40. The highest BCUT2D eigenvalue weighted by molar-refractivity contribution is 5.25. The number of aliphatic hydroxyl groups is 2. The lowest BCUT2D eigenvalue weighted by molar-refractivity contribution is -0.0923. The molecule has 0 aromatic carbocycles. The maximum absolute atomic E-state index is 10.8. The van der Waals surface area contributed by atoms with E-state index in [0.717, 1.165) is 68.8 Å². The molecule has 3 nitrogen and oxygen atoms in total. The van der Waals surface area contributed by atoms with Crippen LogP contribution in [0.2, 0.25) is 0 Å². The van der Waals surface area contributed by atoms with Crippen molar-refractivity contribution >= 4 is 0 Å². The van der Waals surface area contributed by atoms with Crippen LogP contribution < -0.4 is 0 Å².